The van der Waals surface area contributed by atoms with E-state index in [0.29, 0.717) is 12.1 Å². The van der Waals surface area contributed by atoms with Gasteiger partial charge in [-0.3, -0.25) is 9.59 Å². The first-order valence-electron chi connectivity index (χ1n) is 13.7. The average molecular weight is 544 g/mol. The molecule has 3 aromatic rings. The van der Waals surface area contributed by atoms with Crippen LogP contribution in [0.15, 0.2) is 78.9 Å². The van der Waals surface area contributed by atoms with Crippen LogP contribution in [0.4, 0.5) is 4.79 Å². The Morgan fingerprint density at radius 3 is 1.93 bits per heavy atom. The highest BCUT2D eigenvalue weighted by atomic mass is 16.6. The fourth-order valence-electron chi connectivity index (χ4n) is 4.69. The van der Waals surface area contributed by atoms with Crippen molar-refractivity contribution in [2.75, 3.05) is 6.54 Å². The second-order valence-electron chi connectivity index (χ2n) is 11.0. The molecule has 0 heterocycles. The number of amides is 3. The van der Waals surface area contributed by atoms with Crippen LogP contribution in [0.2, 0.25) is 0 Å². The van der Waals surface area contributed by atoms with Gasteiger partial charge in [-0.05, 0) is 58.2 Å². The molecule has 3 aromatic carbocycles. The molecule has 0 bridgehead atoms. The molecule has 40 heavy (non-hydrogen) atoms. The monoisotopic (exact) mass is 543 g/mol. The van der Waals surface area contributed by atoms with Gasteiger partial charge in [0.25, 0.3) is 0 Å². The summed E-state index contributed by atoms with van der Waals surface area (Å²) in [5.74, 6) is -0.656. The molecule has 0 aromatic heterocycles. The largest absolute Gasteiger partial charge is 0.444 e. The van der Waals surface area contributed by atoms with Crippen LogP contribution in [0.25, 0.3) is 0 Å². The maximum Gasteiger partial charge on any atom is 0.408 e. The number of carbonyl (C=O) groups is 3. The molecule has 7 nitrogen and oxygen atoms in total. The van der Waals surface area contributed by atoms with Gasteiger partial charge in [0.1, 0.15) is 17.7 Å². The fraction of sp³-hybridized carbons (Fsp3) is 0.364. The Labute approximate surface area is 237 Å². The van der Waals surface area contributed by atoms with Gasteiger partial charge in [-0.15, -0.1) is 0 Å². The topological polar surface area (TPSA) is 87.7 Å². The van der Waals surface area contributed by atoms with Gasteiger partial charge in [0.05, 0.1) is 0 Å². The van der Waals surface area contributed by atoms with Crippen LogP contribution in [0, 0.1) is 13.8 Å². The number of hydrogen-bond donors (Lipinski definition) is 2. The Bertz CT molecular complexity index is 1270. The van der Waals surface area contributed by atoms with Gasteiger partial charge in [0, 0.05) is 19.5 Å². The van der Waals surface area contributed by atoms with Gasteiger partial charge in [0.2, 0.25) is 11.8 Å². The van der Waals surface area contributed by atoms with Crippen molar-refractivity contribution in [2.24, 2.45) is 0 Å². The normalized spacial score (nSPS) is 12.7. The highest BCUT2D eigenvalue weighted by Crippen LogP contribution is 2.25. The summed E-state index contributed by atoms with van der Waals surface area (Å²) < 4.78 is 5.48. The first kappa shape index (κ1) is 30.4. The maximum atomic E-state index is 14.2. The zero-order chi connectivity index (χ0) is 29.3. The molecule has 2 N–H and O–H groups in total. The van der Waals surface area contributed by atoms with Crippen molar-refractivity contribution in [3.63, 3.8) is 0 Å². The summed E-state index contributed by atoms with van der Waals surface area (Å²) in [7, 11) is 0. The van der Waals surface area contributed by atoms with Crippen LogP contribution in [0.1, 0.15) is 61.6 Å². The number of aryl methyl sites for hydroxylation is 2. The van der Waals surface area contributed by atoms with Crippen LogP contribution < -0.4 is 10.6 Å². The number of alkyl carbamates (subject to hydrolysis) is 1. The lowest BCUT2D eigenvalue weighted by atomic mass is 9.97. The third-order valence-corrected chi connectivity index (χ3v) is 6.32. The molecular formula is C33H41N3O4. The molecule has 0 aliphatic heterocycles. The summed E-state index contributed by atoms with van der Waals surface area (Å²) >= 11 is 0. The second kappa shape index (κ2) is 13.8. The van der Waals surface area contributed by atoms with Crippen molar-refractivity contribution in [3.05, 3.63) is 107 Å². The molecule has 0 radical (unpaired) electrons. The molecule has 3 rings (SSSR count). The second-order valence-corrected chi connectivity index (χ2v) is 11.0. The molecule has 0 fully saturated rings. The van der Waals surface area contributed by atoms with E-state index in [-0.39, 0.29) is 24.8 Å². The molecular weight excluding hydrogens is 502 g/mol. The van der Waals surface area contributed by atoms with Gasteiger partial charge in [-0.2, -0.15) is 0 Å². The highest BCUT2D eigenvalue weighted by Gasteiger charge is 2.35. The van der Waals surface area contributed by atoms with Crippen molar-refractivity contribution in [1.29, 1.82) is 0 Å². The Hall–Kier alpha value is -4.13. The van der Waals surface area contributed by atoms with Crippen molar-refractivity contribution in [1.82, 2.24) is 15.5 Å². The maximum absolute atomic E-state index is 14.2. The number of rotatable bonds is 10. The molecule has 2 atom stereocenters. The van der Waals surface area contributed by atoms with Crippen LogP contribution in [0.5, 0.6) is 0 Å². The highest BCUT2D eigenvalue weighted by molar-refractivity contribution is 5.92. The summed E-state index contributed by atoms with van der Waals surface area (Å²) in [6.07, 6.45) is -0.435. The Kier molecular flexibility index (Phi) is 10.5. The summed E-state index contributed by atoms with van der Waals surface area (Å²) in [4.78, 5) is 42.4. The predicted octanol–water partition coefficient (Wildman–Crippen LogP) is 5.65. The lowest BCUT2D eigenvalue weighted by Gasteiger charge is -2.34. The number of ether oxygens (including phenoxy) is 1. The van der Waals surface area contributed by atoms with E-state index in [1.165, 1.54) is 0 Å². The molecule has 0 saturated carbocycles. The number of benzene rings is 3. The van der Waals surface area contributed by atoms with Gasteiger partial charge in [-0.25, -0.2) is 4.79 Å². The van der Waals surface area contributed by atoms with E-state index < -0.39 is 23.8 Å². The van der Waals surface area contributed by atoms with E-state index in [4.69, 9.17) is 4.74 Å². The third kappa shape index (κ3) is 8.97. The molecule has 0 aliphatic rings. The molecule has 3 amide bonds. The number of carbonyl (C=O) groups excluding carboxylic acids is 3. The zero-order valence-corrected chi connectivity index (χ0v) is 24.4. The van der Waals surface area contributed by atoms with Gasteiger partial charge >= 0.3 is 6.09 Å². The minimum absolute atomic E-state index is 0.251. The van der Waals surface area contributed by atoms with Gasteiger partial charge in [-0.1, -0.05) is 90.0 Å². The number of nitrogens with one attached hydrogen (secondary N) is 2. The molecule has 212 valence electrons. The summed E-state index contributed by atoms with van der Waals surface area (Å²) in [6.45, 7) is 11.7. The molecule has 2 unspecified atom stereocenters. The summed E-state index contributed by atoms with van der Waals surface area (Å²) in [5.41, 5.74) is 3.81. The van der Waals surface area contributed by atoms with Gasteiger partial charge in [0.15, 0.2) is 0 Å². The first-order chi connectivity index (χ1) is 19.0. The van der Waals surface area contributed by atoms with Crippen LogP contribution in [-0.4, -0.2) is 41.0 Å². The van der Waals surface area contributed by atoms with E-state index in [9.17, 15) is 14.4 Å². The summed E-state index contributed by atoms with van der Waals surface area (Å²) in [5, 5.41) is 5.80. The molecule has 0 aliphatic carbocycles. The average Bonchev–Trinajstić information content (AvgIpc) is 2.89. The Morgan fingerprint density at radius 1 is 0.850 bits per heavy atom. The minimum atomic E-state index is -0.937. The van der Waals surface area contributed by atoms with Crippen LogP contribution >= 0.6 is 0 Å². The minimum Gasteiger partial charge on any atom is -0.444 e. The van der Waals surface area contributed by atoms with E-state index in [1.807, 2.05) is 99.6 Å². The summed E-state index contributed by atoms with van der Waals surface area (Å²) in [6, 6.07) is 23.2. The van der Waals surface area contributed by atoms with Crippen molar-refractivity contribution >= 4 is 17.9 Å². The zero-order valence-electron chi connectivity index (χ0n) is 24.4. The number of hydrogen-bond acceptors (Lipinski definition) is 4. The van der Waals surface area contributed by atoms with E-state index >= 15 is 0 Å². The molecule has 0 saturated heterocycles. The van der Waals surface area contributed by atoms with E-state index in [2.05, 4.69) is 10.6 Å². The molecule has 0 spiro atoms. The van der Waals surface area contributed by atoms with Crippen LogP contribution in [-0.2, 0) is 27.3 Å². The van der Waals surface area contributed by atoms with Crippen LogP contribution in [0.3, 0.4) is 0 Å². The Balaban J connectivity index is 1.97. The number of likely N-dealkylation sites (N-methyl/N-ethyl adjacent to an activating group) is 1. The predicted molar refractivity (Wildman–Crippen MR) is 158 cm³/mol. The van der Waals surface area contributed by atoms with Gasteiger partial charge < -0.3 is 20.3 Å². The van der Waals surface area contributed by atoms with Crippen molar-refractivity contribution < 1.29 is 19.1 Å². The molecule has 7 heteroatoms. The van der Waals surface area contributed by atoms with E-state index in [0.717, 1.165) is 22.3 Å². The number of nitrogens with zero attached hydrogens (tertiary/aromatic N) is 1. The smallest absolute Gasteiger partial charge is 0.408 e. The van der Waals surface area contributed by atoms with E-state index in [1.54, 1.807) is 25.7 Å². The Morgan fingerprint density at radius 2 is 1.40 bits per heavy atom. The standard InChI is InChI=1S/C33H41N3O4/c1-7-36(31(38)28(21-25-14-10-8-11-15-25)35-32(39)40-33(4,5)6)29(27-19-23(2)18-24(3)20-27)30(37)34-22-26-16-12-9-13-17-26/h8-20,28-29H,7,21-22H2,1-6H3,(H,34,37)(H,35,39). The third-order valence-electron chi connectivity index (χ3n) is 6.32. The lowest BCUT2D eigenvalue weighted by Crippen LogP contribution is -2.53. The van der Waals surface area contributed by atoms with Crippen molar-refractivity contribution in [2.45, 2.75) is 72.2 Å². The van der Waals surface area contributed by atoms with Crippen molar-refractivity contribution in [3.8, 4) is 0 Å². The lowest BCUT2D eigenvalue weighted by molar-refractivity contribution is -0.142. The first-order valence-corrected chi connectivity index (χ1v) is 13.7. The SMILES string of the molecule is CCN(C(=O)C(Cc1ccccc1)NC(=O)OC(C)(C)C)C(C(=O)NCc1ccccc1)c1cc(C)cc(C)c1. The fourth-order valence-corrected chi connectivity index (χ4v) is 4.69. The quantitative estimate of drug-likeness (QED) is 0.346.